The third-order valence-electron chi connectivity index (χ3n) is 3.95. The Hall–Kier alpha value is -1.91. The Morgan fingerprint density at radius 2 is 2.21 bits per heavy atom. The summed E-state index contributed by atoms with van der Waals surface area (Å²) in [6, 6.07) is 4.45. The van der Waals surface area contributed by atoms with Crippen LogP contribution in [0.4, 0.5) is 5.82 Å². The van der Waals surface area contributed by atoms with Gasteiger partial charge in [0.1, 0.15) is 5.82 Å². The summed E-state index contributed by atoms with van der Waals surface area (Å²) in [6.45, 7) is 7.42. The molecule has 5 nitrogen and oxygen atoms in total. The number of pyridine rings is 1. The topological polar surface area (TPSA) is 55.1 Å². The van der Waals surface area contributed by atoms with E-state index in [9.17, 15) is 0 Å². The van der Waals surface area contributed by atoms with Crippen LogP contribution in [0.2, 0.25) is 0 Å². The van der Waals surface area contributed by atoms with Gasteiger partial charge in [-0.05, 0) is 38.3 Å². The Bertz CT molecular complexity index is 580. The molecule has 0 spiro atoms. The van der Waals surface area contributed by atoms with Crippen molar-refractivity contribution in [3.63, 3.8) is 0 Å². The van der Waals surface area contributed by atoms with Crippen molar-refractivity contribution in [2.75, 3.05) is 11.4 Å². The Kier molecular flexibility index (Phi) is 2.97. The van der Waals surface area contributed by atoms with E-state index in [4.69, 9.17) is 4.52 Å². The number of rotatable bonds is 2. The highest BCUT2D eigenvalue weighted by atomic mass is 16.5. The van der Waals surface area contributed by atoms with Crippen molar-refractivity contribution < 1.29 is 4.52 Å². The number of hydrogen-bond donors (Lipinski definition) is 0. The highest BCUT2D eigenvalue weighted by Crippen LogP contribution is 2.30. The summed E-state index contributed by atoms with van der Waals surface area (Å²) in [4.78, 5) is 11.1. The first-order valence-electron chi connectivity index (χ1n) is 6.68. The van der Waals surface area contributed by atoms with Gasteiger partial charge in [-0.15, -0.1) is 0 Å². The fourth-order valence-electron chi connectivity index (χ4n) is 2.54. The second kappa shape index (κ2) is 4.64. The molecule has 5 heteroatoms. The number of hydrogen-bond acceptors (Lipinski definition) is 5. The molecule has 19 heavy (non-hydrogen) atoms. The lowest BCUT2D eigenvalue weighted by molar-refractivity contribution is 0.425. The van der Waals surface area contributed by atoms with Crippen LogP contribution in [-0.4, -0.2) is 27.7 Å². The SMILES string of the molecule is Cc1noc(-c2ccnc(N3CCC(C)C3C)c2)n1. The average Bonchev–Trinajstić information content (AvgIpc) is 2.98. The monoisotopic (exact) mass is 258 g/mol. The minimum atomic E-state index is 0.521. The summed E-state index contributed by atoms with van der Waals surface area (Å²) in [5, 5.41) is 3.83. The standard InChI is InChI=1S/C14H18N4O/c1-9-5-7-18(10(9)2)13-8-12(4-6-15-13)14-16-11(3)17-19-14/h4,6,8-10H,5,7H2,1-3H3. The van der Waals surface area contributed by atoms with E-state index in [-0.39, 0.29) is 0 Å². The Balaban J connectivity index is 1.92. The molecular weight excluding hydrogens is 240 g/mol. The van der Waals surface area contributed by atoms with E-state index in [1.807, 2.05) is 19.1 Å². The quantitative estimate of drug-likeness (QED) is 0.829. The largest absolute Gasteiger partial charge is 0.354 e. The van der Waals surface area contributed by atoms with E-state index in [0.717, 1.165) is 17.9 Å². The summed E-state index contributed by atoms with van der Waals surface area (Å²) in [5.41, 5.74) is 0.928. The van der Waals surface area contributed by atoms with Crippen LogP contribution in [0.15, 0.2) is 22.9 Å². The van der Waals surface area contributed by atoms with Crippen molar-refractivity contribution in [1.29, 1.82) is 0 Å². The molecule has 1 saturated heterocycles. The molecule has 2 unspecified atom stereocenters. The molecular formula is C14H18N4O. The lowest BCUT2D eigenvalue weighted by Gasteiger charge is -2.24. The molecule has 0 N–H and O–H groups in total. The summed E-state index contributed by atoms with van der Waals surface area (Å²) in [7, 11) is 0. The van der Waals surface area contributed by atoms with Crippen molar-refractivity contribution in [3.8, 4) is 11.5 Å². The van der Waals surface area contributed by atoms with Gasteiger partial charge in [0.15, 0.2) is 5.82 Å². The third-order valence-corrected chi connectivity index (χ3v) is 3.95. The lowest BCUT2D eigenvalue weighted by atomic mass is 10.1. The first-order chi connectivity index (χ1) is 9.15. The van der Waals surface area contributed by atoms with Gasteiger partial charge in [0.2, 0.25) is 0 Å². The fraction of sp³-hybridized carbons (Fsp3) is 0.500. The molecule has 100 valence electrons. The second-order valence-corrected chi connectivity index (χ2v) is 5.25. The third kappa shape index (κ3) is 2.20. The first kappa shape index (κ1) is 12.1. The van der Waals surface area contributed by atoms with E-state index in [2.05, 4.69) is 33.9 Å². The maximum Gasteiger partial charge on any atom is 0.258 e. The van der Waals surface area contributed by atoms with Gasteiger partial charge in [-0.3, -0.25) is 0 Å². The van der Waals surface area contributed by atoms with E-state index < -0.39 is 0 Å². The van der Waals surface area contributed by atoms with Gasteiger partial charge < -0.3 is 9.42 Å². The maximum atomic E-state index is 5.21. The van der Waals surface area contributed by atoms with Gasteiger partial charge >= 0.3 is 0 Å². The van der Waals surface area contributed by atoms with Crippen LogP contribution < -0.4 is 4.90 Å². The molecule has 0 saturated carbocycles. The fourth-order valence-corrected chi connectivity index (χ4v) is 2.54. The van der Waals surface area contributed by atoms with Gasteiger partial charge in [0.05, 0.1) is 0 Å². The molecule has 2 atom stereocenters. The van der Waals surface area contributed by atoms with Crippen LogP contribution in [0.5, 0.6) is 0 Å². The van der Waals surface area contributed by atoms with Crippen LogP contribution in [0.1, 0.15) is 26.1 Å². The van der Waals surface area contributed by atoms with Crippen molar-refractivity contribution >= 4 is 5.82 Å². The Morgan fingerprint density at radius 1 is 1.37 bits per heavy atom. The van der Waals surface area contributed by atoms with Gasteiger partial charge in [0, 0.05) is 24.3 Å². The Labute approximate surface area is 112 Å². The summed E-state index contributed by atoms with van der Waals surface area (Å²) in [5.74, 6) is 2.90. The predicted octanol–water partition coefficient (Wildman–Crippen LogP) is 2.67. The zero-order chi connectivity index (χ0) is 13.4. The van der Waals surface area contributed by atoms with Gasteiger partial charge in [-0.2, -0.15) is 4.98 Å². The molecule has 3 heterocycles. The van der Waals surface area contributed by atoms with Gasteiger partial charge in [-0.1, -0.05) is 12.1 Å². The highest BCUT2D eigenvalue weighted by Gasteiger charge is 2.28. The minimum absolute atomic E-state index is 0.521. The molecule has 2 aromatic rings. The number of nitrogens with zero attached hydrogens (tertiary/aromatic N) is 4. The zero-order valence-electron chi connectivity index (χ0n) is 11.5. The van der Waals surface area contributed by atoms with E-state index in [1.54, 1.807) is 6.20 Å². The normalized spacial score (nSPS) is 23.0. The molecule has 1 fully saturated rings. The van der Waals surface area contributed by atoms with Crippen LogP contribution >= 0.6 is 0 Å². The van der Waals surface area contributed by atoms with Crippen molar-refractivity contribution in [3.05, 3.63) is 24.2 Å². The molecule has 0 aromatic carbocycles. The number of anilines is 1. The summed E-state index contributed by atoms with van der Waals surface area (Å²) in [6.07, 6.45) is 3.02. The van der Waals surface area contributed by atoms with Crippen LogP contribution in [0.3, 0.4) is 0 Å². The predicted molar refractivity (Wildman–Crippen MR) is 72.9 cm³/mol. The van der Waals surface area contributed by atoms with Crippen LogP contribution in [0.25, 0.3) is 11.5 Å². The van der Waals surface area contributed by atoms with E-state index in [0.29, 0.717) is 23.7 Å². The van der Waals surface area contributed by atoms with Crippen molar-refractivity contribution in [2.45, 2.75) is 33.2 Å². The molecule has 3 rings (SSSR count). The number of aryl methyl sites for hydroxylation is 1. The lowest BCUT2D eigenvalue weighted by Crippen LogP contribution is -2.29. The minimum Gasteiger partial charge on any atom is -0.354 e. The molecule has 0 radical (unpaired) electrons. The molecule has 0 amide bonds. The van der Waals surface area contributed by atoms with Crippen molar-refractivity contribution in [2.24, 2.45) is 5.92 Å². The molecule has 1 aliphatic heterocycles. The average molecular weight is 258 g/mol. The molecule has 0 bridgehead atoms. The van der Waals surface area contributed by atoms with Gasteiger partial charge in [0.25, 0.3) is 5.89 Å². The van der Waals surface area contributed by atoms with Crippen molar-refractivity contribution in [1.82, 2.24) is 15.1 Å². The summed E-state index contributed by atoms with van der Waals surface area (Å²) >= 11 is 0. The molecule has 0 aliphatic carbocycles. The Morgan fingerprint density at radius 3 is 2.84 bits per heavy atom. The maximum absolute atomic E-state index is 5.21. The highest BCUT2D eigenvalue weighted by molar-refractivity contribution is 5.59. The first-order valence-corrected chi connectivity index (χ1v) is 6.68. The van der Waals surface area contributed by atoms with E-state index >= 15 is 0 Å². The number of aromatic nitrogens is 3. The summed E-state index contributed by atoms with van der Waals surface area (Å²) < 4.78 is 5.21. The van der Waals surface area contributed by atoms with Gasteiger partial charge in [-0.25, -0.2) is 4.98 Å². The molecule has 1 aliphatic rings. The van der Waals surface area contributed by atoms with E-state index in [1.165, 1.54) is 6.42 Å². The smallest absolute Gasteiger partial charge is 0.258 e. The zero-order valence-corrected chi connectivity index (χ0v) is 11.5. The van der Waals surface area contributed by atoms with Crippen LogP contribution in [-0.2, 0) is 0 Å². The second-order valence-electron chi connectivity index (χ2n) is 5.25. The van der Waals surface area contributed by atoms with Crippen LogP contribution in [0, 0.1) is 12.8 Å². The molecule has 2 aromatic heterocycles.